The van der Waals surface area contributed by atoms with E-state index in [-0.39, 0.29) is 11.1 Å². The van der Waals surface area contributed by atoms with Crippen molar-refractivity contribution >= 4 is 18.7 Å². The maximum atomic E-state index is 6.93. The third-order valence-electron chi connectivity index (χ3n) is 4.94. The van der Waals surface area contributed by atoms with Crippen LogP contribution in [-0.4, -0.2) is 27.5 Å². The van der Waals surface area contributed by atoms with Crippen LogP contribution in [0, 0.1) is 0 Å². The highest BCUT2D eigenvalue weighted by Gasteiger charge is 2.50. The number of nitrogens with one attached hydrogen (secondary N) is 1. The van der Waals surface area contributed by atoms with Gasteiger partial charge in [-0.1, -0.05) is 93.6 Å². The van der Waals surface area contributed by atoms with Crippen molar-refractivity contribution in [3.8, 4) is 0 Å². The number of benzene rings is 2. The van der Waals surface area contributed by atoms with Crippen LogP contribution in [0.2, 0.25) is 5.04 Å². The smallest absolute Gasteiger partial charge is 0.261 e. The van der Waals surface area contributed by atoms with Gasteiger partial charge < -0.3 is 9.74 Å². The van der Waals surface area contributed by atoms with Gasteiger partial charge in [0.2, 0.25) is 0 Å². The Balaban J connectivity index is 2.43. The van der Waals surface area contributed by atoms with Crippen LogP contribution in [0.25, 0.3) is 0 Å². The van der Waals surface area contributed by atoms with Gasteiger partial charge in [-0.25, -0.2) is 0 Å². The molecule has 0 amide bonds. The van der Waals surface area contributed by atoms with Crippen LogP contribution in [0.3, 0.4) is 0 Å². The fourth-order valence-electron chi connectivity index (χ4n) is 3.56. The van der Waals surface area contributed by atoms with Gasteiger partial charge in [-0.2, -0.15) is 0 Å². The van der Waals surface area contributed by atoms with E-state index in [0.717, 1.165) is 13.0 Å². The van der Waals surface area contributed by atoms with Crippen molar-refractivity contribution in [2.24, 2.45) is 0 Å². The van der Waals surface area contributed by atoms with Gasteiger partial charge in [0.25, 0.3) is 8.32 Å². The van der Waals surface area contributed by atoms with E-state index in [4.69, 9.17) is 4.43 Å². The molecule has 0 saturated heterocycles. The van der Waals surface area contributed by atoms with Crippen LogP contribution in [0.4, 0.5) is 0 Å². The standard InChI is InChI=1S/C24H33NOSi/c1-6-8-19-25-21(7-2)20-26-27(24(3,4)5,22-15-11-9-12-16-22)23-17-13-10-14-18-23/h6-7,9-18,21,25H,1-2,8,19-20H2,3-5H3/t21-/m0/s1. The second-order valence-corrected chi connectivity index (χ2v) is 12.2. The molecule has 0 aliphatic heterocycles. The van der Waals surface area contributed by atoms with Crippen LogP contribution in [-0.2, 0) is 4.43 Å². The summed E-state index contributed by atoms with van der Waals surface area (Å²) in [5.74, 6) is 0. The largest absolute Gasteiger partial charge is 0.405 e. The predicted octanol–water partition coefficient (Wildman–Crippen LogP) is 4.28. The highest BCUT2D eigenvalue weighted by Crippen LogP contribution is 2.36. The van der Waals surface area contributed by atoms with Gasteiger partial charge in [0.05, 0.1) is 6.61 Å². The molecule has 0 aliphatic carbocycles. The first-order valence-corrected chi connectivity index (χ1v) is 11.6. The summed E-state index contributed by atoms with van der Waals surface area (Å²) < 4.78 is 6.93. The molecule has 2 aromatic carbocycles. The minimum atomic E-state index is -2.48. The molecule has 2 nitrogen and oxygen atoms in total. The molecule has 0 radical (unpaired) electrons. The lowest BCUT2D eigenvalue weighted by Crippen LogP contribution is -2.67. The lowest BCUT2D eigenvalue weighted by Gasteiger charge is -2.43. The topological polar surface area (TPSA) is 21.3 Å². The molecular weight excluding hydrogens is 346 g/mol. The summed E-state index contributed by atoms with van der Waals surface area (Å²) >= 11 is 0. The van der Waals surface area contributed by atoms with Crippen LogP contribution in [0.15, 0.2) is 86.0 Å². The van der Waals surface area contributed by atoms with Crippen molar-refractivity contribution in [1.29, 1.82) is 0 Å². The quantitative estimate of drug-likeness (QED) is 0.378. The first-order chi connectivity index (χ1) is 13.0. The lowest BCUT2D eigenvalue weighted by atomic mass is 10.2. The SMILES string of the molecule is C=CCCN[C@@H](C=C)CO[Si](c1ccccc1)(c1ccccc1)C(C)(C)C. The normalized spacial score (nSPS) is 13.1. The molecular formula is C24H33NOSi. The molecule has 3 heteroatoms. The molecule has 27 heavy (non-hydrogen) atoms. The first-order valence-electron chi connectivity index (χ1n) is 9.67. The monoisotopic (exact) mass is 379 g/mol. The Morgan fingerprint density at radius 1 is 0.963 bits per heavy atom. The van der Waals surface area contributed by atoms with E-state index >= 15 is 0 Å². The molecule has 0 fully saturated rings. The Labute approximate surface area is 166 Å². The molecule has 0 aliphatic rings. The van der Waals surface area contributed by atoms with E-state index in [1.807, 2.05) is 12.2 Å². The van der Waals surface area contributed by atoms with Crippen molar-refractivity contribution in [3.05, 3.63) is 86.0 Å². The van der Waals surface area contributed by atoms with Crippen LogP contribution in [0.1, 0.15) is 27.2 Å². The van der Waals surface area contributed by atoms with Crippen LogP contribution < -0.4 is 15.7 Å². The summed E-state index contributed by atoms with van der Waals surface area (Å²) in [6.45, 7) is 16.2. The summed E-state index contributed by atoms with van der Waals surface area (Å²) in [6.07, 6.45) is 4.81. The van der Waals surface area contributed by atoms with Crippen molar-refractivity contribution < 1.29 is 4.43 Å². The molecule has 0 spiro atoms. The van der Waals surface area contributed by atoms with E-state index in [2.05, 4.69) is 99.9 Å². The van der Waals surface area contributed by atoms with E-state index in [1.54, 1.807) is 0 Å². The Morgan fingerprint density at radius 2 is 1.48 bits per heavy atom. The van der Waals surface area contributed by atoms with E-state index in [1.165, 1.54) is 10.4 Å². The molecule has 0 heterocycles. The Hall–Kier alpha value is -1.94. The number of rotatable bonds is 10. The molecule has 0 unspecified atom stereocenters. The van der Waals surface area contributed by atoms with E-state index < -0.39 is 8.32 Å². The van der Waals surface area contributed by atoms with Gasteiger partial charge in [0, 0.05) is 6.04 Å². The van der Waals surface area contributed by atoms with E-state index in [0.29, 0.717) is 6.61 Å². The van der Waals surface area contributed by atoms with Gasteiger partial charge in [0.15, 0.2) is 0 Å². The van der Waals surface area contributed by atoms with Crippen molar-refractivity contribution in [3.63, 3.8) is 0 Å². The number of hydrogen-bond donors (Lipinski definition) is 1. The van der Waals surface area contributed by atoms with Gasteiger partial charge >= 0.3 is 0 Å². The maximum Gasteiger partial charge on any atom is 0.261 e. The summed E-state index contributed by atoms with van der Waals surface area (Å²) in [5, 5.41) is 6.10. The average molecular weight is 380 g/mol. The zero-order chi connectivity index (χ0) is 19.8. The molecule has 0 bridgehead atoms. The third-order valence-corrected chi connectivity index (χ3v) is 9.94. The van der Waals surface area contributed by atoms with Gasteiger partial charge in [-0.05, 0) is 28.4 Å². The van der Waals surface area contributed by atoms with Crippen LogP contribution in [0.5, 0.6) is 0 Å². The maximum absolute atomic E-state index is 6.93. The highest BCUT2D eigenvalue weighted by molar-refractivity contribution is 6.99. The third kappa shape index (κ3) is 5.07. The Bertz CT molecular complexity index is 667. The van der Waals surface area contributed by atoms with Crippen molar-refractivity contribution in [2.45, 2.75) is 38.3 Å². The molecule has 1 atom stereocenters. The molecule has 2 aromatic rings. The van der Waals surface area contributed by atoms with Crippen LogP contribution >= 0.6 is 0 Å². The fourth-order valence-corrected chi connectivity index (χ4v) is 8.14. The van der Waals surface area contributed by atoms with Gasteiger partial charge in [0.1, 0.15) is 0 Å². The molecule has 0 saturated carbocycles. The second-order valence-electron chi connectivity index (χ2n) is 7.85. The highest BCUT2D eigenvalue weighted by atomic mass is 28.4. The van der Waals surface area contributed by atoms with Gasteiger partial charge in [-0.15, -0.1) is 13.2 Å². The Kier molecular flexibility index (Phi) is 7.78. The second kappa shape index (κ2) is 9.84. The summed E-state index contributed by atoms with van der Waals surface area (Å²) in [6, 6.07) is 21.6. The molecule has 144 valence electrons. The van der Waals surface area contributed by atoms with Crippen molar-refractivity contribution in [2.75, 3.05) is 13.2 Å². The summed E-state index contributed by atoms with van der Waals surface area (Å²) in [4.78, 5) is 0. The predicted molar refractivity (Wildman–Crippen MR) is 120 cm³/mol. The fraction of sp³-hybridized carbons (Fsp3) is 0.333. The lowest BCUT2D eigenvalue weighted by molar-refractivity contribution is 0.270. The van der Waals surface area contributed by atoms with Crippen molar-refractivity contribution in [1.82, 2.24) is 5.32 Å². The number of hydrogen-bond acceptors (Lipinski definition) is 2. The molecule has 0 aromatic heterocycles. The van der Waals surface area contributed by atoms with Gasteiger partial charge in [-0.3, -0.25) is 0 Å². The Morgan fingerprint density at radius 3 is 1.89 bits per heavy atom. The minimum absolute atomic E-state index is 0.0114. The zero-order valence-corrected chi connectivity index (χ0v) is 17.9. The zero-order valence-electron chi connectivity index (χ0n) is 16.9. The summed E-state index contributed by atoms with van der Waals surface area (Å²) in [5.41, 5.74) is 0. The summed E-state index contributed by atoms with van der Waals surface area (Å²) in [7, 11) is -2.48. The minimum Gasteiger partial charge on any atom is -0.405 e. The first kappa shape index (κ1) is 21.4. The molecule has 1 N–H and O–H groups in total. The molecule has 2 rings (SSSR count). The average Bonchev–Trinajstić information content (AvgIpc) is 2.67. The van der Waals surface area contributed by atoms with E-state index in [9.17, 15) is 0 Å².